The monoisotopic (exact) mass is 306 g/mol. The number of nitrogens with one attached hydrogen (secondary N) is 1. The number of hydrogen-bond donors (Lipinski definition) is 1. The maximum absolute atomic E-state index is 11.9. The molecule has 0 saturated heterocycles. The number of benzene rings is 2. The molecule has 20 heavy (non-hydrogen) atoms. The van der Waals surface area contributed by atoms with Crippen LogP contribution in [0.1, 0.15) is 21.5 Å². The number of nitrogens with zero attached hydrogens (tertiary/aromatic N) is 1. The Hall–Kier alpha value is -1.84. The van der Waals surface area contributed by atoms with Gasteiger partial charge in [0.1, 0.15) is 0 Å². The van der Waals surface area contributed by atoms with E-state index < -0.39 is 0 Å². The molecule has 0 aromatic heterocycles. The molecule has 0 saturated carbocycles. The molecule has 0 radical (unpaired) electrons. The fourth-order valence-corrected chi connectivity index (χ4v) is 2.17. The average molecular weight is 307 g/mol. The summed E-state index contributed by atoms with van der Waals surface area (Å²) >= 11 is 12.0. The van der Waals surface area contributed by atoms with Crippen molar-refractivity contribution in [2.24, 2.45) is 5.10 Å². The fraction of sp³-hybridized carbons (Fsp3) is 0.0667. The smallest absolute Gasteiger partial charge is 0.267 e. The van der Waals surface area contributed by atoms with Crippen LogP contribution in [-0.2, 0) is 0 Å². The predicted octanol–water partition coefficient (Wildman–Crippen LogP) is 4.07. The summed E-state index contributed by atoms with van der Waals surface area (Å²) in [6.07, 6.45) is 1.43. The number of halogens is 2. The molecule has 3 nitrogen and oxygen atoms in total. The predicted molar refractivity (Wildman–Crippen MR) is 82.7 cm³/mol. The van der Waals surface area contributed by atoms with E-state index in [9.17, 15) is 4.79 Å². The number of carbonyl (C=O) groups is 1. The second-order valence-electron chi connectivity index (χ2n) is 4.15. The van der Waals surface area contributed by atoms with Gasteiger partial charge in [-0.15, -0.1) is 0 Å². The fourth-order valence-electron chi connectivity index (χ4n) is 1.68. The van der Waals surface area contributed by atoms with Crippen molar-refractivity contribution in [3.63, 3.8) is 0 Å². The molecule has 0 aliphatic rings. The molecule has 1 amide bonds. The lowest BCUT2D eigenvalue weighted by Gasteiger charge is -2.04. The van der Waals surface area contributed by atoms with Crippen molar-refractivity contribution in [2.45, 2.75) is 6.92 Å². The molecule has 1 N–H and O–H groups in total. The van der Waals surface area contributed by atoms with Gasteiger partial charge in [-0.05, 0) is 30.7 Å². The summed E-state index contributed by atoms with van der Waals surface area (Å²) in [7, 11) is 0. The quantitative estimate of drug-likeness (QED) is 0.674. The maximum atomic E-state index is 11.9. The molecule has 0 heterocycles. The summed E-state index contributed by atoms with van der Waals surface area (Å²) in [4.78, 5) is 11.9. The maximum Gasteiger partial charge on any atom is 0.271 e. The second-order valence-corrected chi connectivity index (χ2v) is 4.96. The molecule has 0 bridgehead atoms. The summed E-state index contributed by atoms with van der Waals surface area (Å²) in [6, 6.07) is 12.4. The molecule has 0 unspecified atom stereocenters. The molecule has 0 aliphatic carbocycles. The Morgan fingerprint density at radius 3 is 2.40 bits per heavy atom. The molecule has 0 fully saturated rings. The van der Waals surface area contributed by atoms with E-state index in [2.05, 4.69) is 10.5 Å². The molecular weight excluding hydrogens is 295 g/mol. The highest BCUT2D eigenvalue weighted by molar-refractivity contribution is 6.38. The first-order chi connectivity index (χ1) is 9.59. The van der Waals surface area contributed by atoms with Crippen molar-refractivity contribution in [3.05, 3.63) is 69.2 Å². The van der Waals surface area contributed by atoms with Crippen LogP contribution in [0.25, 0.3) is 0 Å². The van der Waals surface area contributed by atoms with E-state index in [-0.39, 0.29) is 5.91 Å². The third-order valence-corrected chi connectivity index (χ3v) is 3.41. The van der Waals surface area contributed by atoms with Gasteiger partial charge < -0.3 is 0 Å². The van der Waals surface area contributed by atoms with Gasteiger partial charge in [0.05, 0.1) is 16.3 Å². The van der Waals surface area contributed by atoms with Gasteiger partial charge in [0.2, 0.25) is 0 Å². The Morgan fingerprint density at radius 2 is 1.75 bits per heavy atom. The van der Waals surface area contributed by atoms with Crippen LogP contribution in [0.5, 0.6) is 0 Å². The zero-order valence-electron chi connectivity index (χ0n) is 10.7. The summed E-state index contributed by atoms with van der Waals surface area (Å²) in [5, 5.41) is 4.84. The third-order valence-electron chi connectivity index (χ3n) is 2.75. The first kappa shape index (κ1) is 14.6. The minimum atomic E-state index is -0.275. The zero-order chi connectivity index (χ0) is 14.5. The summed E-state index contributed by atoms with van der Waals surface area (Å²) in [5.41, 5.74) is 4.49. The van der Waals surface area contributed by atoms with Crippen LogP contribution in [0.3, 0.4) is 0 Å². The van der Waals surface area contributed by atoms with Crippen LogP contribution in [0, 0.1) is 6.92 Å². The van der Waals surface area contributed by atoms with Gasteiger partial charge in [-0.1, -0.05) is 47.5 Å². The molecule has 2 aromatic rings. The Balaban J connectivity index is 2.11. The molecule has 102 valence electrons. The lowest BCUT2D eigenvalue weighted by atomic mass is 10.1. The first-order valence-electron chi connectivity index (χ1n) is 5.92. The van der Waals surface area contributed by atoms with E-state index in [1.54, 1.807) is 30.3 Å². The Labute approximate surface area is 127 Å². The SMILES string of the molecule is Cc1ccccc1C(=O)NN=Cc1c(Cl)cccc1Cl. The topological polar surface area (TPSA) is 41.5 Å². The van der Waals surface area contributed by atoms with Gasteiger partial charge >= 0.3 is 0 Å². The Morgan fingerprint density at radius 1 is 1.10 bits per heavy atom. The van der Waals surface area contributed by atoms with Gasteiger partial charge in [-0.2, -0.15) is 5.10 Å². The van der Waals surface area contributed by atoms with E-state index in [1.807, 2.05) is 19.1 Å². The highest BCUT2D eigenvalue weighted by atomic mass is 35.5. The van der Waals surface area contributed by atoms with Gasteiger partial charge in [0.15, 0.2) is 0 Å². The lowest BCUT2D eigenvalue weighted by molar-refractivity contribution is 0.0954. The number of hydrazone groups is 1. The molecule has 2 aromatic carbocycles. The van der Waals surface area contributed by atoms with E-state index in [0.717, 1.165) is 5.56 Å². The van der Waals surface area contributed by atoms with Crippen LogP contribution in [0.15, 0.2) is 47.6 Å². The third kappa shape index (κ3) is 3.38. The number of rotatable bonds is 3. The minimum Gasteiger partial charge on any atom is -0.267 e. The Kier molecular flexibility index (Phi) is 4.77. The van der Waals surface area contributed by atoms with Gasteiger partial charge in [-0.25, -0.2) is 5.43 Å². The van der Waals surface area contributed by atoms with Gasteiger partial charge in [0.25, 0.3) is 5.91 Å². The first-order valence-corrected chi connectivity index (χ1v) is 6.68. The number of aryl methyl sites for hydroxylation is 1. The van der Waals surface area contributed by atoms with Crippen LogP contribution in [0.2, 0.25) is 10.0 Å². The van der Waals surface area contributed by atoms with Crippen molar-refractivity contribution >= 4 is 35.3 Å². The zero-order valence-corrected chi connectivity index (χ0v) is 12.2. The van der Waals surface area contributed by atoms with Crippen molar-refractivity contribution < 1.29 is 4.79 Å². The highest BCUT2D eigenvalue weighted by Crippen LogP contribution is 2.22. The highest BCUT2D eigenvalue weighted by Gasteiger charge is 2.07. The van der Waals surface area contributed by atoms with Crippen LogP contribution in [-0.4, -0.2) is 12.1 Å². The molecule has 2 rings (SSSR count). The Bertz CT molecular complexity index is 648. The van der Waals surface area contributed by atoms with Crippen molar-refractivity contribution in [1.82, 2.24) is 5.43 Å². The van der Waals surface area contributed by atoms with Gasteiger partial charge in [-0.3, -0.25) is 4.79 Å². The van der Waals surface area contributed by atoms with Crippen molar-refractivity contribution in [1.29, 1.82) is 0 Å². The normalized spacial score (nSPS) is 10.8. The van der Waals surface area contributed by atoms with Crippen LogP contribution in [0.4, 0.5) is 0 Å². The largest absolute Gasteiger partial charge is 0.271 e. The van der Waals surface area contributed by atoms with E-state index in [1.165, 1.54) is 6.21 Å². The molecule has 0 spiro atoms. The van der Waals surface area contributed by atoms with E-state index in [4.69, 9.17) is 23.2 Å². The number of hydrogen-bond acceptors (Lipinski definition) is 2. The van der Waals surface area contributed by atoms with Crippen molar-refractivity contribution in [2.75, 3.05) is 0 Å². The van der Waals surface area contributed by atoms with Crippen LogP contribution < -0.4 is 5.43 Å². The molecule has 0 atom stereocenters. The second kappa shape index (κ2) is 6.55. The summed E-state index contributed by atoms with van der Waals surface area (Å²) < 4.78 is 0. The minimum absolute atomic E-state index is 0.275. The number of amides is 1. The average Bonchev–Trinajstić information content (AvgIpc) is 2.42. The van der Waals surface area contributed by atoms with E-state index >= 15 is 0 Å². The summed E-state index contributed by atoms with van der Waals surface area (Å²) in [5.74, 6) is -0.275. The molecule has 5 heteroatoms. The van der Waals surface area contributed by atoms with E-state index in [0.29, 0.717) is 21.2 Å². The summed E-state index contributed by atoms with van der Waals surface area (Å²) in [6.45, 7) is 1.86. The lowest BCUT2D eigenvalue weighted by Crippen LogP contribution is -2.18. The van der Waals surface area contributed by atoms with Crippen LogP contribution >= 0.6 is 23.2 Å². The molecular formula is C15H12Cl2N2O. The van der Waals surface area contributed by atoms with Crippen molar-refractivity contribution in [3.8, 4) is 0 Å². The number of carbonyl (C=O) groups excluding carboxylic acids is 1. The van der Waals surface area contributed by atoms with Gasteiger partial charge in [0, 0.05) is 11.1 Å². The molecule has 0 aliphatic heterocycles. The standard InChI is InChI=1S/C15H12Cl2N2O/c1-10-5-2-3-6-11(10)15(20)19-18-9-12-13(16)7-4-8-14(12)17/h2-9H,1H3,(H,19,20).